The molecule has 0 unspecified atom stereocenters. The number of ether oxygens (including phenoxy) is 1. The minimum atomic E-state index is -0.600. The van der Waals surface area contributed by atoms with Crippen LogP contribution in [0, 0.1) is 0 Å². The first-order valence-corrected chi connectivity index (χ1v) is 11.2. The highest BCUT2D eigenvalue weighted by Crippen LogP contribution is 2.28. The maximum absolute atomic E-state index is 13.1. The highest BCUT2D eigenvalue weighted by atomic mass is 32.1. The third-order valence-electron chi connectivity index (χ3n) is 5.05. The molecule has 0 radical (unpaired) electrons. The molecule has 31 heavy (non-hydrogen) atoms. The van der Waals surface area contributed by atoms with Crippen molar-refractivity contribution in [1.82, 2.24) is 15.1 Å². The highest BCUT2D eigenvalue weighted by Gasteiger charge is 2.35. The molecule has 0 spiro atoms. The molecule has 0 bridgehead atoms. The van der Waals surface area contributed by atoms with Gasteiger partial charge in [0.2, 0.25) is 5.91 Å². The fourth-order valence-electron chi connectivity index (χ4n) is 3.56. The van der Waals surface area contributed by atoms with E-state index in [4.69, 9.17) is 4.74 Å². The summed E-state index contributed by atoms with van der Waals surface area (Å²) in [5.41, 5.74) is 1.70. The van der Waals surface area contributed by atoms with Crippen molar-refractivity contribution in [2.45, 2.75) is 38.8 Å². The Balaban J connectivity index is 1.87. The number of piperazine rings is 1. The Morgan fingerprint density at radius 3 is 2.61 bits per heavy atom. The van der Waals surface area contributed by atoms with Crippen molar-refractivity contribution in [3.63, 3.8) is 0 Å². The molecule has 1 atom stereocenters. The summed E-state index contributed by atoms with van der Waals surface area (Å²) in [6, 6.07) is 8.79. The topological polar surface area (TPSA) is 79.0 Å². The number of nitrogens with zero attached hydrogens (tertiary/aromatic N) is 2. The molecule has 7 nitrogen and oxygen atoms in total. The van der Waals surface area contributed by atoms with Crippen molar-refractivity contribution < 1.29 is 19.1 Å². The van der Waals surface area contributed by atoms with E-state index >= 15 is 0 Å². The first kappa shape index (κ1) is 22.8. The Labute approximate surface area is 187 Å². The fraction of sp³-hybridized carbons (Fsp3) is 0.435. The smallest absolute Gasteiger partial charge is 0.410 e. The van der Waals surface area contributed by atoms with Gasteiger partial charge in [0.15, 0.2) is 0 Å². The number of thiophene rings is 1. The van der Waals surface area contributed by atoms with Crippen molar-refractivity contribution in [2.75, 3.05) is 26.7 Å². The van der Waals surface area contributed by atoms with E-state index in [1.165, 1.54) is 0 Å². The molecule has 1 aromatic carbocycles. The van der Waals surface area contributed by atoms with E-state index in [2.05, 4.69) is 5.32 Å². The normalized spacial score (nSPS) is 16.7. The van der Waals surface area contributed by atoms with Crippen LogP contribution in [0.25, 0.3) is 0 Å². The standard InChI is InChI=1S/C23H29N3O4S/c1-23(2,3)30-22(29)25-9-10-26(20(27)12-16-8-11-31-15-16)19(14-25)17-6-5-7-18(13-17)21(28)24-4/h5-8,11,13,15,19H,9-10,12,14H2,1-4H3,(H,24,28)/t19-/m0/s1. The average Bonchev–Trinajstić information content (AvgIpc) is 3.24. The second-order valence-corrected chi connectivity index (χ2v) is 9.32. The third-order valence-corrected chi connectivity index (χ3v) is 5.78. The van der Waals surface area contributed by atoms with Gasteiger partial charge in [-0.25, -0.2) is 4.79 Å². The van der Waals surface area contributed by atoms with E-state index in [0.29, 0.717) is 31.6 Å². The largest absolute Gasteiger partial charge is 0.444 e. The van der Waals surface area contributed by atoms with Crippen LogP contribution in [0.5, 0.6) is 0 Å². The fourth-order valence-corrected chi connectivity index (χ4v) is 4.23. The minimum absolute atomic E-state index is 0.00224. The van der Waals surface area contributed by atoms with Crippen LogP contribution in [-0.4, -0.2) is 60.0 Å². The summed E-state index contributed by atoms with van der Waals surface area (Å²) >= 11 is 1.56. The highest BCUT2D eigenvalue weighted by molar-refractivity contribution is 7.08. The molecule has 166 valence electrons. The van der Waals surface area contributed by atoms with E-state index in [-0.39, 0.29) is 17.9 Å². The number of nitrogens with one attached hydrogen (secondary N) is 1. The van der Waals surface area contributed by atoms with Gasteiger partial charge in [0.1, 0.15) is 5.60 Å². The Kier molecular flexibility index (Phi) is 7.00. The average molecular weight is 444 g/mol. The molecule has 1 N–H and O–H groups in total. The maximum atomic E-state index is 13.1. The molecule has 8 heteroatoms. The summed E-state index contributed by atoms with van der Waals surface area (Å²) < 4.78 is 5.54. The molecule has 1 fully saturated rings. The van der Waals surface area contributed by atoms with Gasteiger partial charge in [0.05, 0.1) is 12.5 Å². The number of hydrogen-bond acceptors (Lipinski definition) is 5. The zero-order chi connectivity index (χ0) is 22.6. The van der Waals surface area contributed by atoms with Gasteiger partial charge in [-0.3, -0.25) is 9.59 Å². The summed E-state index contributed by atoms with van der Waals surface area (Å²) in [4.78, 5) is 41.4. The van der Waals surface area contributed by atoms with E-state index < -0.39 is 11.7 Å². The van der Waals surface area contributed by atoms with E-state index in [9.17, 15) is 14.4 Å². The molecule has 1 aliphatic rings. The molecule has 0 aliphatic carbocycles. The molecule has 1 saturated heterocycles. The summed E-state index contributed by atoms with van der Waals surface area (Å²) in [6.45, 7) is 6.59. The number of amides is 3. The maximum Gasteiger partial charge on any atom is 0.410 e. The van der Waals surface area contributed by atoms with Crippen LogP contribution in [0.2, 0.25) is 0 Å². The number of carbonyl (C=O) groups excluding carboxylic acids is 3. The van der Waals surface area contributed by atoms with Crippen LogP contribution in [0.4, 0.5) is 4.79 Å². The molecular formula is C23H29N3O4S. The quantitative estimate of drug-likeness (QED) is 0.785. The summed E-state index contributed by atoms with van der Waals surface area (Å²) in [6.07, 6.45) is -0.0911. The van der Waals surface area contributed by atoms with Gasteiger partial charge in [0, 0.05) is 32.2 Å². The number of rotatable bonds is 4. The van der Waals surface area contributed by atoms with Gasteiger partial charge in [0.25, 0.3) is 5.91 Å². The minimum Gasteiger partial charge on any atom is -0.444 e. The second kappa shape index (κ2) is 9.51. The summed E-state index contributed by atoms with van der Waals surface area (Å²) in [5, 5.41) is 6.55. The molecule has 1 aromatic heterocycles. The van der Waals surface area contributed by atoms with Gasteiger partial charge in [-0.15, -0.1) is 0 Å². The predicted octanol–water partition coefficient (Wildman–Crippen LogP) is 3.47. The molecule has 3 rings (SSSR count). The van der Waals surface area contributed by atoms with Crippen LogP contribution >= 0.6 is 11.3 Å². The van der Waals surface area contributed by atoms with Gasteiger partial charge in [-0.1, -0.05) is 12.1 Å². The number of hydrogen-bond donors (Lipinski definition) is 1. The zero-order valence-corrected chi connectivity index (χ0v) is 19.2. The molecular weight excluding hydrogens is 414 g/mol. The SMILES string of the molecule is CNC(=O)c1cccc([C@@H]2CN(C(=O)OC(C)(C)C)CCN2C(=O)Cc2ccsc2)c1. The van der Waals surface area contributed by atoms with Crippen LogP contribution in [0.1, 0.15) is 48.3 Å². The van der Waals surface area contributed by atoms with Crippen molar-refractivity contribution in [2.24, 2.45) is 0 Å². The van der Waals surface area contributed by atoms with Gasteiger partial charge in [-0.05, 0) is 60.9 Å². The van der Waals surface area contributed by atoms with Crippen molar-refractivity contribution in [3.8, 4) is 0 Å². The lowest BCUT2D eigenvalue weighted by Crippen LogP contribution is -2.53. The summed E-state index contributed by atoms with van der Waals surface area (Å²) in [7, 11) is 1.58. The van der Waals surface area contributed by atoms with Crippen LogP contribution in [0.15, 0.2) is 41.1 Å². The van der Waals surface area contributed by atoms with E-state index in [1.54, 1.807) is 41.5 Å². The van der Waals surface area contributed by atoms with E-state index in [1.807, 2.05) is 48.6 Å². The third kappa shape index (κ3) is 5.85. The van der Waals surface area contributed by atoms with Crippen LogP contribution < -0.4 is 5.32 Å². The van der Waals surface area contributed by atoms with Crippen molar-refractivity contribution >= 4 is 29.2 Å². The Morgan fingerprint density at radius 2 is 1.97 bits per heavy atom. The number of carbonyl (C=O) groups is 3. The molecule has 0 saturated carbocycles. The Hall–Kier alpha value is -2.87. The Morgan fingerprint density at radius 1 is 1.19 bits per heavy atom. The van der Waals surface area contributed by atoms with Gasteiger partial charge >= 0.3 is 6.09 Å². The second-order valence-electron chi connectivity index (χ2n) is 8.54. The molecule has 2 aromatic rings. The predicted molar refractivity (Wildman–Crippen MR) is 120 cm³/mol. The Bertz CT molecular complexity index is 937. The number of benzene rings is 1. The molecule has 1 aliphatic heterocycles. The van der Waals surface area contributed by atoms with Gasteiger partial charge in [-0.2, -0.15) is 11.3 Å². The lowest BCUT2D eigenvalue weighted by Gasteiger charge is -2.42. The first-order chi connectivity index (χ1) is 14.7. The monoisotopic (exact) mass is 443 g/mol. The van der Waals surface area contributed by atoms with E-state index in [0.717, 1.165) is 11.1 Å². The lowest BCUT2D eigenvalue weighted by atomic mass is 9.99. The summed E-state index contributed by atoms with van der Waals surface area (Å²) in [5.74, 6) is -0.199. The molecule has 2 heterocycles. The lowest BCUT2D eigenvalue weighted by molar-refractivity contribution is -0.135. The van der Waals surface area contributed by atoms with Crippen molar-refractivity contribution in [1.29, 1.82) is 0 Å². The van der Waals surface area contributed by atoms with Crippen LogP contribution in [-0.2, 0) is 16.0 Å². The zero-order valence-electron chi connectivity index (χ0n) is 18.4. The van der Waals surface area contributed by atoms with Gasteiger partial charge < -0.3 is 19.9 Å². The molecule has 3 amide bonds. The van der Waals surface area contributed by atoms with Crippen LogP contribution in [0.3, 0.4) is 0 Å². The van der Waals surface area contributed by atoms with Crippen molar-refractivity contribution in [3.05, 3.63) is 57.8 Å². The first-order valence-electron chi connectivity index (χ1n) is 10.3.